The lowest BCUT2D eigenvalue weighted by atomic mass is 10.1. The van der Waals surface area contributed by atoms with Gasteiger partial charge in [0.25, 0.3) is 0 Å². The molecule has 1 fully saturated rings. The zero-order valence-electron chi connectivity index (χ0n) is 18.9. The summed E-state index contributed by atoms with van der Waals surface area (Å²) in [5.74, 6) is -2.05. The molecule has 0 amide bonds. The minimum absolute atomic E-state index is 0.250. The molecule has 8 heteroatoms. The Morgan fingerprint density at radius 3 is 1.54 bits per heavy atom. The summed E-state index contributed by atoms with van der Waals surface area (Å²) in [5.41, 5.74) is 0.831. The SMILES string of the molecule is C[C@H](OC(=O)c1ccccc1)[C@H]1O[C@@H](O)[C@H](OC(=O)c2ccccc2)[C@@H]1OC(=O)c1ccccc1. The van der Waals surface area contributed by atoms with Crippen molar-refractivity contribution < 1.29 is 38.4 Å². The van der Waals surface area contributed by atoms with Gasteiger partial charge in [-0.25, -0.2) is 14.4 Å². The molecule has 1 N–H and O–H groups in total. The Hall–Kier alpha value is -4.01. The van der Waals surface area contributed by atoms with E-state index in [-0.39, 0.29) is 11.1 Å². The smallest absolute Gasteiger partial charge is 0.338 e. The first-order valence-corrected chi connectivity index (χ1v) is 11.1. The van der Waals surface area contributed by atoms with Gasteiger partial charge in [-0.3, -0.25) is 0 Å². The van der Waals surface area contributed by atoms with Gasteiger partial charge in [-0.15, -0.1) is 0 Å². The van der Waals surface area contributed by atoms with Gasteiger partial charge in [-0.1, -0.05) is 54.6 Å². The van der Waals surface area contributed by atoms with Gasteiger partial charge in [0.15, 0.2) is 18.5 Å². The van der Waals surface area contributed by atoms with Crippen LogP contribution in [0.4, 0.5) is 0 Å². The predicted molar refractivity (Wildman–Crippen MR) is 123 cm³/mol. The van der Waals surface area contributed by atoms with E-state index in [1.54, 1.807) is 97.9 Å². The number of rotatable bonds is 7. The summed E-state index contributed by atoms with van der Waals surface area (Å²) in [6.07, 6.45) is -6.26. The van der Waals surface area contributed by atoms with Crippen LogP contribution in [0, 0.1) is 0 Å². The second-order valence-electron chi connectivity index (χ2n) is 7.94. The number of carbonyl (C=O) groups excluding carboxylic acids is 3. The van der Waals surface area contributed by atoms with E-state index in [0.29, 0.717) is 5.56 Å². The molecule has 3 aromatic rings. The number of aliphatic hydroxyl groups excluding tert-OH is 1. The van der Waals surface area contributed by atoms with Gasteiger partial charge < -0.3 is 24.1 Å². The number of esters is 3. The van der Waals surface area contributed by atoms with Crippen LogP contribution in [0.25, 0.3) is 0 Å². The number of benzene rings is 3. The van der Waals surface area contributed by atoms with E-state index in [9.17, 15) is 19.5 Å². The van der Waals surface area contributed by atoms with Crippen LogP contribution in [-0.4, -0.2) is 53.7 Å². The average molecular weight is 476 g/mol. The summed E-state index contributed by atoms with van der Waals surface area (Å²) in [7, 11) is 0. The van der Waals surface area contributed by atoms with Crippen molar-refractivity contribution in [2.45, 2.75) is 37.6 Å². The summed E-state index contributed by atoms with van der Waals surface area (Å²) >= 11 is 0. The van der Waals surface area contributed by atoms with E-state index in [1.807, 2.05) is 0 Å². The molecule has 1 aliphatic rings. The Labute approximate surface area is 202 Å². The van der Waals surface area contributed by atoms with Crippen LogP contribution in [-0.2, 0) is 18.9 Å². The lowest BCUT2D eigenvalue weighted by Gasteiger charge is -2.26. The minimum Gasteiger partial charge on any atom is -0.456 e. The van der Waals surface area contributed by atoms with Crippen molar-refractivity contribution in [1.82, 2.24) is 0 Å². The third-order valence-corrected chi connectivity index (χ3v) is 5.50. The number of aliphatic hydroxyl groups is 1. The molecule has 0 aromatic heterocycles. The first-order valence-electron chi connectivity index (χ1n) is 11.1. The van der Waals surface area contributed by atoms with Crippen molar-refractivity contribution in [3.05, 3.63) is 108 Å². The van der Waals surface area contributed by atoms with Gasteiger partial charge in [-0.05, 0) is 43.3 Å². The first-order chi connectivity index (χ1) is 16.9. The predicted octanol–water partition coefficient (Wildman–Crippen LogP) is 3.40. The Kier molecular flexibility index (Phi) is 7.54. The molecule has 0 unspecified atom stereocenters. The van der Waals surface area contributed by atoms with Crippen LogP contribution in [0.2, 0.25) is 0 Å². The van der Waals surface area contributed by atoms with Crippen LogP contribution in [0.3, 0.4) is 0 Å². The molecular formula is C27H24O8. The average Bonchev–Trinajstić information content (AvgIpc) is 3.20. The monoisotopic (exact) mass is 476 g/mol. The van der Waals surface area contributed by atoms with Crippen LogP contribution < -0.4 is 0 Å². The molecule has 1 heterocycles. The normalized spacial score (nSPS) is 22.1. The zero-order valence-corrected chi connectivity index (χ0v) is 18.9. The largest absolute Gasteiger partial charge is 0.456 e. The fourth-order valence-corrected chi connectivity index (χ4v) is 3.71. The highest BCUT2D eigenvalue weighted by Gasteiger charge is 2.52. The third-order valence-electron chi connectivity index (χ3n) is 5.50. The van der Waals surface area contributed by atoms with Crippen molar-refractivity contribution in [3.8, 4) is 0 Å². The topological polar surface area (TPSA) is 108 Å². The lowest BCUT2D eigenvalue weighted by molar-refractivity contribution is -0.146. The van der Waals surface area contributed by atoms with Gasteiger partial charge >= 0.3 is 17.9 Å². The van der Waals surface area contributed by atoms with Crippen LogP contribution in [0.5, 0.6) is 0 Å². The molecular weight excluding hydrogens is 452 g/mol. The fraction of sp³-hybridized carbons (Fsp3) is 0.222. The van der Waals surface area contributed by atoms with Crippen molar-refractivity contribution >= 4 is 17.9 Å². The molecule has 4 rings (SSSR count). The molecule has 0 saturated carbocycles. The molecule has 8 nitrogen and oxygen atoms in total. The Morgan fingerprint density at radius 2 is 1.09 bits per heavy atom. The highest BCUT2D eigenvalue weighted by molar-refractivity contribution is 5.91. The summed E-state index contributed by atoms with van der Waals surface area (Å²) in [5, 5.41) is 10.6. The van der Waals surface area contributed by atoms with Crippen molar-refractivity contribution in [2.24, 2.45) is 0 Å². The summed E-state index contributed by atoms with van der Waals surface area (Å²) in [6.45, 7) is 1.54. The number of hydrogen-bond acceptors (Lipinski definition) is 8. The van der Waals surface area contributed by atoms with Crippen molar-refractivity contribution in [2.75, 3.05) is 0 Å². The lowest BCUT2D eigenvalue weighted by Crippen LogP contribution is -2.44. The number of hydrogen-bond donors (Lipinski definition) is 1. The summed E-state index contributed by atoms with van der Waals surface area (Å²) in [6, 6.07) is 24.7. The summed E-state index contributed by atoms with van der Waals surface area (Å²) < 4.78 is 22.2. The van der Waals surface area contributed by atoms with E-state index in [1.165, 1.54) is 0 Å². The Bertz CT molecular complexity index is 1150. The third kappa shape index (κ3) is 5.74. The van der Waals surface area contributed by atoms with Gasteiger partial charge in [-0.2, -0.15) is 0 Å². The highest BCUT2D eigenvalue weighted by Crippen LogP contribution is 2.30. The molecule has 0 bridgehead atoms. The van der Waals surface area contributed by atoms with Gasteiger partial charge in [0, 0.05) is 0 Å². The van der Waals surface area contributed by atoms with E-state index < -0.39 is 48.6 Å². The molecule has 1 saturated heterocycles. The molecule has 0 aliphatic carbocycles. The number of ether oxygens (including phenoxy) is 4. The maximum Gasteiger partial charge on any atom is 0.338 e. The molecule has 0 radical (unpaired) electrons. The minimum atomic E-state index is -1.61. The maximum atomic E-state index is 12.8. The maximum absolute atomic E-state index is 12.8. The van der Waals surface area contributed by atoms with E-state index in [4.69, 9.17) is 18.9 Å². The molecule has 3 aromatic carbocycles. The van der Waals surface area contributed by atoms with Gasteiger partial charge in [0.2, 0.25) is 0 Å². The molecule has 180 valence electrons. The standard InChI is InChI=1S/C27H24O8/c1-17(32-24(28)18-11-5-2-6-12-18)21-22(34-25(29)19-13-7-3-8-14-19)23(27(31)33-21)35-26(30)20-15-9-4-10-16-20/h2-17,21-23,27,31H,1H3/t17-,21+,22+,23+,27+/m0/s1. The number of carbonyl (C=O) groups is 3. The van der Waals surface area contributed by atoms with Crippen molar-refractivity contribution in [1.29, 1.82) is 0 Å². The molecule has 5 atom stereocenters. The first kappa shape index (κ1) is 24.1. The van der Waals surface area contributed by atoms with Gasteiger partial charge in [0.05, 0.1) is 16.7 Å². The Morgan fingerprint density at radius 1 is 0.686 bits per heavy atom. The van der Waals surface area contributed by atoms with Gasteiger partial charge in [0.1, 0.15) is 12.2 Å². The summed E-state index contributed by atoms with van der Waals surface area (Å²) in [4.78, 5) is 38.0. The highest BCUT2D eigenvalue weighted by atomic mass is 16.7. The van der Waals surface area contributed by atoms with E-state index >= 15 is 0 Å². The van der Waals surface area contributed by atoms with E-state index in [2.05, 4.69) is 0 Å². The second kappa shape index (κ2) is 10.9. The Balaban J connectivity index is 1.55. The molecule has 0 spiro atoms. The zero-order chi connectivity index (χ0) is 24.8. The fourth-order valence-electron chi connectivity index (χ4n) is 3.71. The van der Waals surface area contributed by atoms with E-state index in [0.717, 1.165) is 0 Å². The second-order valence-corrected chi connectivity index (χ2v) is 7.94. The van der Waals surface area contributed by atoms with Crippen molar-refractivity contribution in [3.63, 3.8) is 0 Å². The van der Waals surface area contributed by atoms with Crippen LogP contribution >= 0.6 is 0 Å². The molecule has 35 heavy (non-hydrogen) atoms. The quantitative estimate of drug-likeness (QED) is 0.408. The van der Waals surface area contributed by atoms with Crippen LogP contribution in [0.15, 0.2) is 91.0 Å². The van der Waals surface area contributed by atoms with Crippen LogP contribution in [0.1, 0.15) is 38.0 Å². The molecule has 1 aliphatic heterocycles.